The summed E-state index contributed by atoms with van der Waals surface area (Å²) in [4.78, 5) is 16.0. The van der Waals surface area contributed by atoms with Gasteiger partial charge in [0.25, 0.3) is 5.91 Å². The third kappa shape index (κ3) is 2.62. The number of hydrogen-bond acceptors (Lipinski definition) is 3. The monoisotopic (exact) mass is 286 g/mol. The average Bonchev–Trinajstić information content (AvgIpc) is 2.89. The number of fused-ring (bicyclic) bond motifs is 1. The van der Waals surface area contributed by atoms with E-state index in [2.05, 4.69) is 15.4 Å². The highest BCUT2D eigenvalue weighted by atomic mass is 35.5. The first-order valence-corrected chi connectivity index (χ1v) is 6.42. The first-order chi connectivity index (χ1) is 9.72. The van der Waals surface area contributed by atoms with Gasteiger partial charge in [-0.15, -0.1) is 0 Å². The quantitative estimate of drug-likeness (QED) is 0.804. The standard InChI is InChI=1S/C14H11ClN4O/c15-11-1-2-12-7-13(18-19(12)9-11)14(20)17-8-10-3-5-16-6-4-10/h1-7,9H,8H2,(H,17,20). The number of carbonyl (C=O) groups is 1. The maximum Gasteiger partial charge on any atom is 0.272 e. The lowest BCUT2D eigenvalue weighted by molar-refractivity contribution is 0.0945. The smallest absolute Gasteiger partial charge is 0.272 e. The summed E-state index contributed by atoms with van der Waals surface area (Å²) < 4.78 is 1.59. The molecule has 0 aromatic carbocycles. The van der Waals surface area contributed by atoms with E-state index < -0.39 is 0 Å². The molecule has 0 saturated heterocycles. The topological polar surface area (TPSA) is 59.3 Å². The van der Waals surface area contributed by atoms with Crippen LogP contribution in [0, 0.1) is 0 Å². The van der Waals surface area contributed by atoms with Crippen LogP contribution in [-0.2, 0) is 6.54 Å². The summed E-state index contributed by atoms with van der Waals surface area (Å²) in [6, 6.07) is 9.00. The Morgan fingerprint density at radius 3 is 2.85 bits per heavy atom. The Morgan fingerprint density at radius 2 is 2.05 bits per heavy atom. The Labute approximate surface area is 120 Å². The molecule has 0 saturated carbocycles. The van der Waals surface area contributed by atoms with Crippen molar-refractivity contribution < 1.29 is 4.79 Å². The third-order valence-corrected chi connectivity index (χ3v) is 3.08. The Bertz CT molecular complexity index is 754. The van der Waals surface area contributed by atoms with E-state index in [1.165, 1.54) is 0 Å². The third-order valence-electron chi connectivity index (χ3n) is 2.86. The maximum absolute atomic E-state index is 12.0. The van der Waals surface area contributed by atoms with Crippen molar-refractivity contribution in [3.63, 3.8) is 0 Å². The molecule has 0 fully saturated rings. The number of carbonyl (C=O) groups excluding carboxylic acids is 1. The molecule has 3 aromatic heterocycles. The summed E-state index contributed by atoms with van der Waals surface area (Å²) in [5, 5.41) is 7.58. The van der Waals surface area contributed by atoms with Crippen molar-refractivity contribution in [1.29, 1.82) is 0 Å². The van der Waals surface area contributed by atoms with Gasteiger partial charge in [-0.05, 0) is 35.9 Å². The van der Waals surface area contributed by atoms with Gasteiger partial charge in [0.2, 0.25) is 0 Å². The lowest BCUT2D eigenvalue weighted by Gasteiger charge is -2.02. The molecule has 0 unspecified atom stereocenters. The van der Waals surface area contributed by atoms with E-state index >= 15 is 0 Å². The Hall–Kier alpha value is -2.40. The molecule has 0 aliphatic rings. The molecular formula is C14H11ClN4O. The van der Waals surface area contributed by atoms with Crippen LogP contribution in [0.25, 0.3) is 5.52 Å². The van der Waals surface area contributed by atoms with Gasteiger partial charge in [-0.25, -0.2) is 4.52 Å². The normalized spacial score (nSPS) is 10.7. The van der Waals surface area contributed by atoms with Crippen LogP contribution in [0.5, 0.6) is 0 Å². The molecule has 6 heteroatoms. The average molecular weight is 287 g/mol. The van der Waals surface area contributed by atoms with Crippen molar-refractivity contribution in [2.24, 2.45) is 0 Å². The van der Waals surface area contributed by atoms with Crippen molar-refractivity contribution in [1.82, 2.24) is 19.9 Å². The molecule has 0 aliphatic heterocycles. The molecule has 20 heavy (non-hydrogen) atoms. The fourth-order valence-corrected chi connectivity index (χ4v) is 2.00. The zero-order chi connectivity index (χ0) is 13.9. The number of pyridine rings is 2. The van der Waals surface area contributed by atoms with Crippen molar-refractivity contribution in [2.45, 2.75) is 6.54 Å². The maximum atomic E-state index is 12.0. The van der Waals surface area contributed by atoms with Gasteiger partial charge >= 0.3 is 0 Å². The molecule has 5 nitrogen and oxygen atoms in total. The summed E-state index contributed by atoms with van der Waals surface area (Å²) in [6.45, 7) is 0.440. The molecular weight excluding hydrogens is 276 g/mol. The fourth-order valence-electron chi connectivity index (χ4n) is 1.85. The molecule has 3 heterocycles. The van der Waals surface area contributed by atoms with Crippen molar-refractivity contribution in [2.75, 3.05) is 0 Å². The van der Waals surface area contributed by atoms with Gasteiger partial charge in [-0.1, -0.05) is 11.6 Å². The van der Waals surface area contributed by atoms with Crippen molar-refractivity contribution in [3.05, 3.63) is 65.2 Å². The summed E-state index contributed by atoms with van der Waals surface area (Å²) in [5.41, 5.74) is 2.17. The second-order valence-electron chi connectivity index (χ2n) is 4.28. The van der Waals surface area contributed by atoms with E-state index in [9.17, 15) is 4.79 Å². The number of rotatable bonds is 3. The van der Waals surface area contributed by atoms with E-state index in [0.717, 1.165) is 11.1 Å². The van der Waals surface area contributed by atoms with Gasteiger partial charge in [-0.2, -0.15) is 5.10 Å². The summed E-state index contributed by atoms with van der Waals surface area (Å²) in [7, 11) is 0. The highest BCUT2D eigenvalue weighted by Crippen LogP contribution is 2.12. The molecule has 0 atom stereocenters. The van der Waals surface area contributed by atoms with Crippen LogP contribution in [0.1, 0.15) is 16.1 Å². The number of amides is 1. The number of aromatic nitrogens is 3. The van der Waals surface area contributed by atoms with E-state index in [1.54, 1.807) is 35.2 Å². The van der Waals surface area contributed by atoms with Gasteiger partial charge in [0.05, 0.1) is 10.5 Å². The minimum absolute atomic E-state index is 0.221. The lowest BCUT2D eigenvalue weighted by atomic mass is 10.2. The molecule has 3 aromatic rings. The van der Waals surface area contributed by atoms with Crippen molar-refractivity contribution >= 4 is 23.0 Å². The highest BCUT2D eigenvalue weighted by Gasteiger charge is 2.10. The highest BCUT2D eigenvalue weighted by molar-refractivity contribution is 6.30. The molecule has 3 rings (SSSR count). The van der Waals surface area contributed by atoms with Gasteiger partial charge < -0.3 is 5.32 Å². The summed E-state index contributed by atoms with van der Waals surface area (Å²) in [5.74, 6) is -0.221. The van der Waals surface area contributed by atoms with Crippen LogP contribution >= 0.6 is 11.6 Å². The second-order valence-corrected chi connectivity index (χ2v) is 4.72. The van der Waals surface area contributed by atoms with Gasteiger partial charge in [-0.3, -0.25) is 9.78 Å². The number of nitrogens with one attached hydrogen (secondary N) is 1. The molecule has 100 valence electrons. The molecule has 0 radical (unpaired) electrons. The van der Waals surface area contributed by atoms with Gasteiger partial charge in [0, 0.05) is 25.1 Å². The molecule has 0 bridgehead atoms. The van der Waals surface area contributed by atoms with E-state index in [0.29, 0.717) is 17.3 Å². The van der Waals surface area contributed by atoms with Crippen molar-refractivity contribution in [3.8, 4) is 0 Å². The summed E-state index contributed by atoms with van der Waals surface area (Å²) >= 11 is 5.88. The number of halogens is 1. The Balaban J connectivity index is 1.75. The Morgan fingerprint density at radius 1 is 1.25 bits per heavy atom. The van der Waals surface area contributed by atoms with Gasteiger partial charge in [0.1, 0.15) is 0 Å². The van der Waals surface area contributed by atoms with Gasteiger partial charge in [0.15, 0.2) is 5.69 Å². The molecule has 0 aliphatic carbocycles. The van der Waals surface area contributed by atoms with Crippen LogP contribution < -0.4 is 5.32 Å². The zero-order valence-corrected chi connectivity index (χ0v) is 11.2. The summed E-state index contributed by atoms with van der Waals surface area (Å²) in [6.07, 6.45) is 5.04. The van der Waals surface area contributed by atoms with Crippen LogP contribution in [0.2, 0.25) is 5.02 Å². The zero-order valence-electron chi connectivity index (χ0n) is 10.5. The predicted octanol–water partition coefficient (Wildman–Crippen LogP) is 2.31. The second kappa shape index (κ2) is 5.30. The van der Waals surface area contributed by atoms with E-state index in [1.807, 2.05) is 18.2 Å². The Kier molecular flexibility index (Phi) is 3.35. The first kappa shape index (κ1) is 12.6. The fraction of sp³-hybridized carbons (Fsp3) is 0.0714. The minimum Gasteiger partial charge on any atom is -0.347 e. The molecule has 1 amide bonds. The van der Waals surface area contributed by atoms with E-state index in [4.69, 9.17) is 11.6 Å². The predicted molar refractivity (Wildman–Crippen MR) is 75.6 cm³/mol. The number of nitrogens with zero attached hydrogens (tertiary/aromatic N) is 3. The van der Waals surface area contributed by atoms with Crippen LogP contribution in [0.15, 0.2) is 48.9 Å². The SMILES string of the molecule is O=C(NCc1ccncc1)c1cc2ccc(Cl)cn2n1. The van der Waals surface area contributed by atoms with E-state index in [-0.39, 0.29) is 5.91 Å². The minimum atomic E-state index is -0.221. The first-order valence-electron chi connectivity index (χ1n) is 6.04. The molecule has 0 spiro atoms. The largest absolute Gasteiger partial charge is 0.347 e. The van der Waals surface area contributed by atoms with Crippen LogP contribution in [-0.4, -0.2) is 20.5 Å². The lowest BCUT2D eigenvalue weighted by Crippen LogP contribution is -2.23. The molecule has 1 N–H and O–H groups in total. The van der Waals surface area contributed by atoms with Crippen LogP contribution in [0.4, 0.5) is 0 Å². The number of hydrogen-bond donors (Lipinski definition) is 1. The van der Waals surface area contributed by atoms with Crippen LogP contribution in [0.3, 0.4) is 0 Å².